The maximum atomic E-state index is 11.5. The minimum atomic E-state index is -0.733. The molecule has 1 aromatic carbocycles. The molecule has 0 amide bonds. The molecule has 0 heterocycles. The molecule has 0 aliphatic rings. The van der Waals surface area contributed by atoms with Gasteiger partial charge in [0.1, 0.15) is 11.8 Å². The average molecular weight is 237 g/mol. The maximum absolute atomic E-state index is 11.5. The molecule has 0 aliphatic carbocycles. The second-order valence-corrected chi connectivity index (χ2v) is 4.42. The van der Waals surface area contributed by atoms with Gasteiger partial charge in [-0.15, -0.1) is 0 Å². The molecule has 0 bridgehead atoms. The van der Waals surface area contributed by atoms with Crippen LogP contribution in [0.2, 0.25) is 0 Å². The standard InChI is InChI=1S/C13H19NO3/c1-13(2,11(14)12(15)17-4)9-7-5-6-8-10(9)16-3/h5-8,11H,14H2,1-4H3. The zero-order valence-corrected chi connectivity index (χ0v) is 10.7. The second kappa shape index (κ2) is 5.19. The van der Waals surface area contributed by atoms with Gasteiger partial charge in [0, 0.05) is 11.0 Å². The summed E-state index contributed by atoms with van der Waals surface area (Å²) in [5.74, 6) is 0.290. The first-order valence-electron chi connectivity index (χ1n) is 5.42. The third-order valence-corrected chi connectivity index (χ3v) is 3.03. The zero-order valence-electron chi connectivity index (χ0n) is 10.7. The number of rotatable bonds is 4. The van der Waals surface area contributed by atoms with Gasteiger partial charge in [0.2, 0.25) is 0 Å². The molecule has 17 heavy (non-hydrogen) atoms. The van der Waals surface area contributed by atoms with E-state index in [1.807, 2.05) is 38.1 Å². The van der Waals surface area contributed by atoms with E-state index < -0.39 is 17.4 Å². The molecule has 1 atom stereocenters. The van der Waals surface area contributed by atoms with Crippen molar-refractivity contribution >= 4 is 5.97 Å². The molecule has 0 saturated heterocycles. The molecule has 2 N–H and O–H groups in total. The minimum Gasteiger partial charge on any atom is -0.496 e. The largest absolute Gasteiger partial charge is 0.496 e. The number of ether oxygens (including phenoxy) is 2. The molecule has 4 nitrogen and oxygen atoms in total. The van der Waals surface area contributed by atoms with Gasteiger partial charge in [-0.05, 0) is 6.07 Å². The van der Waals surface area contributed by atoms with Crippen LogP contribution in [0.5, 0.6) is 5.75 Å². The second-order valence-electron chi connectivity index (χ2n) is 4.42. The molecule has 1 unspecified atom stereocenters. The zero-order chi connectivity index (χ0) is 13.1. The fraction of sp³-hybridized carbons (Fsp3) is 0.462. The van der Waals surface area contributed by atoms with Crippen molar-refractivity contribution in [3.63, 3.8) is 0 Å². The van der Waals surface area contributed by atoms with E-state index in [-0.39, 0.29) is 0 Å². The maximum Gasteiger partial charge on any atom is 0.323 e. The van der Waals surface area contributed by atoms with Gasteiger partial charge in [0.25, 0.3) is 0 Å². The SMILES string of the molecule is COC(=O)C(N)C(C)(C)c1ccccc1OC. The highest BCUT2D eigenvalue weighted by molar-refractivity contribution is 5.78. The first-order chi connectivity index (χ1) is 7.95. The number of methoxy groups -OCH3 is 2. The summed E-state index contributed by atoms with van der Waals surface area (Å²) < 4.78 is 9.98. The van der Waals surface area contributed by atoms with E-state index in [1.54, 1.807) is 7.11 Å². The molecule has 1 aromatic rings. The fourth-order valence-corrected chi connectivity index (χ4v) is 1.77. The number of hydrogen-bond donors (Lipinski definition) is 1. The van der Waals surface area contributed by atoms with Crippen molar-refractivity contribution in [3.05, 3.63) is 29.8 Å². The van der Waals surface area contributed by atoms with E-state index >= 15 is 0 Å². The van der Waals surface area contributed by atoms with Crippen molar-refractivity contribution in [3.8, 4) is 5.75 Å². The molecule has 0 aromatic heterocycles. The van der Waals surface area contributed by atoms with Crippen molar-refractivity contribution in [2.24, 2.45) is 5.73 Å². The van der Waals surface area contributed by atoms with Crippen molar-refractivity contribution in [1.29, 1.82) is 0 Å². The highest BCUT2D eigenvalue weighted by Crippen LogP contribution is 2.33. The van der Waals surface area contributed by atoms with E-state index in [2.05, 4.69) is 4.74 Å². The Hall–Kier alpha value is -1.55. The fourth-order valence-electron chi connectivity index (χ4n) is 1.77. The van der Waals surface area contributed by atoms with Crippen LogP contribution in [0.15, 0.2) is 24.3 Å². The lowest BCUT2D eigenvalue weighted by Crippen LogP contribution is -2.47. The number of esters is 1. The molecule has 0 radical (unpaired) electrons. The summed E-state index contributed by atoms with van der Waals surface area (Å²) in [5, 5.41) is 0. The van der Waals surface area contributed by atoms with Crippen LogP contribution < -0.4 is 10.5 Å². The van der Waals surface area contributed by atoms with Gasteiger partial charge < -0.3 is 15.2 Å². The monoisotopic (exact) mass is 237 g/mol. The number of hydrogen-bond acceptors (Lipinski definition) is 4. The summed E-state index contributed by atoms with van der Waals surface area (Å²) in [4.78, 5) is 11.5. The van der Waals surface area contributed by atoms with Gasteiger partial charge in [-0.25, -0.2) is 0 Å². The first-order valence-corrected chi connectivity index (χ1v) is 5.42. The highest BCUT2D eigenvalue weighted by Gasteiger charge is 2.36. The van der Waals surface area contributed by atoms with Crippen LogP contribution in [-0.2, 0) is 14.9 Å². The van der Waals surface area contributed by atoms with E-state index in [1.165, 1.54) is 7.11 Å². The van der Waals surface area contributed by atoms with Crippen molar-refractivity contribution in [2.45, 2.75) is 25.3 Å². The Labute approximate surface area is 102 Å². The lowest BCUT2D eigenvalue weighted by atomic mass is 9.77. The topological polar surface area (TPSA) is 61.5 Å². The number of benzene rings is 1. The quantitative estimate of drug-likeness (QED) is 0.806. The van der Waals surface area contributed by atoms with Gasteiger partial charge in [-0.1, -0.05) is 32.0 Å². The Kier molecular flexibility index (Phi) is 4.12. The summed E-state index contributed by atoms with van der Waals surface area (Å²) >= 11 is 0. The van der Waals surface area contributed by atoms with Crippen molar-refractivity contribution in [2.75, 3.05) is 14.2 Å². The summed E-state index contributed by atoms with van der Waals surface area (Å²) in [6, 6.07) is 6.79. The summed E-state index contributed by atoms with van der Waals surface area (Å²) in [6.07, 6.45) is 0. The molecule has 94 valence electrons. The van der Waals surface area contributed by atoms with E-state index in [0.29, 0.717) is 0 Å². The molecular formula is C13H19NO3. The van der Waals surface area contributed by atoms with Gasteiger partial charge >= 0.3 is 5.97 Å². The molecular weight excluding hydrogens is 218 g/mol. The van der Waals surface area contributed by atoms with Crippen LogP contribution in [-0.4, -0.2) is 26.2 Å². The Bertz CT molecular complexity index is 401. The van der Waals surface area contributed by atoms with Crippen molar-refractivity contribution in [1.82, 2.24) is 0 Å². The third-order valence-electron chi connectivity index (χ3n) is 3.03. The summed E-state index contributed by atoms with van der Waals surface area (Å²) in [6.45, 7) is 3.79. The normalized spacial score (nSPS) is 13.0. The molecule has 0 fully saturated rings. The van der Waals surface area contributed by atoms with E-state index in [0.717, 1.165) is 11.3 Å². The Balaban J connectivity index is 3.16. The van der Waals surface area contributed by atoms with Gasteiger partial charge in [0.05, 0.1) is 14.2 Å². The highest BCUT2D eigenvalue weighted by atomic mass is 16.5. The van der Waals surface area contributed by atoms with Gasteiger partial charge in [0.15, 0.2) is 0 Å². The smallest absolute Gasteiger partial charge is 0.323 e. The molecule has 0 spiro atoms. The van der Waals surface area contributed by atoms with Gasteiger partial charge in [-0.3, -0.25) is 4.79 Å². The predicted molar refractivity (Wildman–Crippen MR) is 66.0 cm³/mol. The lowest BCUT2D eigenvalue weighted by Gasteiger charge is -2.31. The van der Waals surface area contributed by atoms with E-state index in [9.17, 15) is 4.79 Å². The van der Waals surface area contributed by atoms with Crippen LogP contribution in [0, 0.1) is 0 Å². The minimum absolute atomic E-state index is 0.430. The van der Waals surface area contributed by atoms with Crippen LogP contribution in [0.1, 0.15) is 19.4 Å². The van der Waals surface area contributed by atoms with Crippen LogP contribution in [0.4, 0.5) is 0 Å². The number of carbonyl (C=O) groups is 1. The first kappa shape index (κ1) is 13.5. The molecule has 0 aliphatic heterocycles. The Morgan fingerprint density at radius 1 is 1.29 bits per heavy atom. The van der Waals surface area contributed by atoms with Crippen LogP contribution >= 0.6 is 0 Å². The summed E-state index contributed by atoms with van der Waals surface area (Å²) in [5.41, 5.74) is 6.26. The van der Waals surface area contributed by atoms with E-state index in [4.69, 9.17) is 10.5 Å². The van der Waals surface area contributed by atoms with Crippen LogP contribution in [0.25, 0.3) is 0 Å². The Morgan fingerprint density at radius 3 is 2.41 bits per heavy atom. The predicted octanol–water partition coefficient (Wildman–Crippen LogP) is 1.47. The van der Waals surface area contributed by atoms with Crippen LogP contribution in [0.3, 0.4) is 0 Å². The average Bonchev–Trinajstić information content (AvgIpc) is 2.36. The van der Waals surface area contributed by atoms with Crippen molar-refractivity contribution < 1.29 is 14.3 Å². The number of para-hydroxylation sites is 1. The molecule has 4 heteroatoms. The lowest BCUT2D eigenvalue weighted by molar-refractivity contribution is -0.143. The third kappa shape index (κ3) is 2.58. The van der Waals surface area contributed by atoms with Gasteiger partial charge in [-0.2, -0.15) is 0 Å². The number of nitrogens with two attached hydrogens (primary N) is 1. The Morgan fingerprint density at radius 2 is 1.88 bits per heavy atom. The summed E-state index contributed by atoms with van der Waals surface area (Å²) in [7, 11) is 2.93. The number of carbonyl (C=O) groups excluding carboxylic acids is 1. The molecule has 0 saturated carbocycles. The molecule has 1 rings (SSSR count).